The Morgan fingerprint density at radius 3 is 2.45 bits per heavy atom. The van der Waals surface area contributed by atoms with Crippen LogP contribution in [0.25, 0.3) is 0 Å². The summed E-state index contributed by atoms with van der Waals surface area (Å²) in [6.45, 7) is 0. The maximum absolute atomic E-state index is 4.82. The second kappa shape index (κ2) is 3.19. The molecule has 4 bridgehead atoms. The molecule has 0 amide bonds. The zero-order valence-electron chi connectivity index (χ0n) is 12.1. The third-order valence-corrected chi connectivity index (χ3v) is 7.59. The van der Waals surface area contributed by atoms with E-state index >= 15 is 0 Å². The third-order valence-electron chi connectivity index (χ3n) is 7.59. The summed E-state index contributed by atoms with van der Waals surface area (Å²) in [5, 5.41) is 0. The van der Waals surface area contributed by atoms with Crippen molar-refractivity contribution in [3.63, 3.8) is 0 Å². The lowest BCUT2D eigenvalue weighted by molar-refractivity contribution is -0.398. The van der Waals surface area contributed by atoms with E-state index in [0.717, 1.165) is 53.0 Å². The second-order valence-electron chi connectivity index (χ2n) is 7.85. The van der Waals surface area contributed by atoms with Crippen LogP contribution in [0.15, 0.2) is 47.6 Å². The highest BCUT2D eigenvalue weighted by Gasteiger charge is 2.87. The maximum Gasteiger partial charge on any atom is 0.0812 e. The molecule has 4 atom stereocenters. The van der Waals surface area contributed by atoms with Crippen molar-refractivity contribution < 1.29 is 0 Å². The Morgan fingerprint density at radius 2 is 1.68 bits per heavy atom. The molecule has 0 saturated heterocycles. The van der Waals surface area contributed by atoms with Crippen molar-refractivity contribution in [2.75, 3.05) is 0 Å². The van der Waals surface area contributed by atoms with E-state index in [4.69, 9.17) is 4.99 Å². The Kier molecular flexibility index (Phi) is 1.56. The number of aromatic nitrogens is 1. The minimum absolute atomic E-state index is 0.825. The Labute approximate surface area is 129 Å². The SMILES string of the molecule is C(=Nc1cc2ccc1C1C3C4C2C2C1C3C42)c1ccccn1. The van der Waals surface area contributed by atoms with Gasteiger partial charge in [0.15, 0.2) is 0 Å². The normalized spacial score (nSPS) is 46.9. The molecule has 2 nitrogen and oxygen atoms in total. The number of pyridine rings is 1. The predicted octanol–water partition coefficient (Wildman–Crippen LogP) is 3.76. The van der Waals surface area contributed by atoms with E-state index < -0.39 is 0 Å². The van der Waals surface area contributed by atoms with Crippen LogP contribution in [-0.4, -0.2) is 11.2 Å². The van der Waals surface area contributed by atoms with Gasteiger partial charge in [0.1, 0.15) is 0 Å². The molecule has 1 aromatic heterocycles. The first-order valence-electron chi connectivity index (χ1n) is 8.52. The zero-order valence-corrected chi connectivity index (χ0v) is 12.1. The van der Waals surface area contributed by atoms with Crippen molar-refractivity contribution in [2.45, 2.75) is 11.8 Å². The molecule has 0 spiro atoms. The van der Waals surface area contributed by atoms with E-state index in [1.165, 1.54) is 11.3 Å². The molecule has 4 fully saturated rings. The molecule has 8 aliphatic carbocycles. The first-order valence-corrected chi connectivity index (χ1v) is 8.52. The number of aliphatic imine (C=N–C) groups is 1. The fraction of sp³-hybridized carbons (Fsp3) is 0.400. The van der Waals surface area contributed by atoms with Gasteiger partial charge in [-0.2, -0.15) is 0 Å². The first kappa shape index (κ1) is 10.7. The van der Waals surface area contributed by atoms with Crippen LogP contribution >= 0.6 is 0 Å². The fourth-order valence-electron chi connectivity index (χ4n) is 7.02. The number of nitrogens with zero attached hydrogens (tertiary/aromatic N) is 2. The Bertz CT molecular complexity index is 835. The van der Waals surface area contributed by atoms with Gasteiger partial charge in [-0.05, 0) is 76.7 Å². The predicted molar refractivity (Wildman–Crippen MR) is 84.4 cm³/mol. The van der Waals surface area contributed by atoms with Crippen molar-refractivity contribution in [2.24, 2.45) is 40.5 Å². The third kappa shape index (κ3) is 0.906. The quantitative estimate of drug-likeness (QED) is 0.771. The molecule has 22 heavy (non-hydrogen) atoms. The van der Waals surface area contributed by atoms with Crippen LogP contribution in [0, 0.1) is 35.5 Å². The number of benzene rings is 1. The standard InChI is InChI=1S/C20H16N2/c1-2-6-21-10(3-1)8-22-12-7-9-4-5-11(12)14-17-15-13(9)16-18(14)20(17)19(15)16/h1-8,13-20H. The molecule has 1 heterocycles. The molecule has 0 N–H and O–H groups in total. The van der Waals surface area contributed by atoms with Gasteiger partial charge >= 0.3 is 0 Å². The first-order chi connectivity index (χ1) is 10.9. The smallest absolute Gasteiger partial charge is 0.0812 e. The highest BCUT2D eigenvalue weighted by molar-refractivity contribution is 5.80. The summed E-state index contributed by atoms with van der Waals surface area (Å²) >= 11 is 0. The van der Waals surface area contributed by atoms with E-state index in [2.05, 4.69) is 23.2 Å². The average molecular weight is 284 g/mol. The molecule has 2 aromatic rings. The van der Waals surface area contributed by atoms with Crippen LogP contribution in [0.5, 0.6) is 0 Å². The lowest BCUT2D eigenvalue weighted by atomic mass is 9.13. The van der Waals surface area contributed by atoms with Gasteiger partial charge in [0.2, 0.25) is 0 Å². The van der Waals surface area contributed by atoms with Crippen molar-refractivity contribution in [1.82, 2.24) is 4.98 Å². The molecular weight excluding hydrogens is 268 g/mol. The minimum Gasteiger partial charge on any atom is -0.255 e. The Hall–Kier alpha value is -1.96. The van der Waals surface area contributed by atoms with Crippen LogP contribution in [-0.2, 0) is 0 Å². The topological polar surface area (TPSA) is 25.2 Å². The van der Waals surface area contributed by atoms with Crippen LogP contribution in [0.3, 0.4) is 0 Å². The minimum atomic E-state index is 0.825. The van der Waals surface area contributed by atoms with Gasteiger partial charge in [0, 0.05) is 6.20 Å². The Morgan fingerprint density at radius 1 is 0.864 bits per heavy atom. The van der Waals surface area contributed by atoms with Crippen LogP contribution < -0.4 is 0 Å². The van der Waals surface area contributed by atoms with Crippen LogP contribution in [0.1, 0.15) is 28.7 Å². The van der Waals surface area contributed by atoms with E-state index in [0.29, 0.717) is 0 Å². The number of hydrogen-bond donors (Lipinski definition) is 0. The average Bonchev–Trinajstić information content (AvgIpc) is 2.58. The molecule has 8 aliphatic rings. The lowest BCUT2D eigenvalue weighted by Gasteiger charge is -2.91. The molecule has 1 aromatic carbocycles. The van der Waals surface area contributed by atoms with Gasteiger partial charge in [-0.15, -0.1) is 0 Å². The zero-order chi connectivity index (χ0) is 14.0. The largest absolute Gasteiger partial charge is 0.255 e. The molecule has 10 rings (SSSR count). The van der Waals surface area contributed by atoms with E-state index in [1.54, 1.807) is 5.56 Å². The van der Waals surface area contributed by atoms with Gasteiger partial charge < -0.3 is 0 Å². The second-order valence-corrected chi connectivity index (χ2v) is 7.85. The molecular formula is C20H16N2. The molecule has 0 aliphatic heterocycles. The summed E-state index contributed by atoms with van der Waals surface area (Å²) in [5.41, 5.74) is 5.24. The molecule has 2 heteroatoms. The number of hydrogen-bond acceptors (Lipinski definition) is 2. The van der Waals surface area contributed by atoms with Gasteiger partial charge in [-0.25, -0.2) is 0 Å². The molecule has 106 valence electrons. The summed E-state index contributed by atoms with van der Waals surface area (Å²) < 4.78 is 0. The van der Waals surface area contributed by atoms with Gasteiger partial charge in [-0.1, -0.05) is 18.2 Å². The van der Waals surface area contributed by atoms with Gasteiger partial charge in [0.05, 0.1) is 17.6 Å². The maximum atomic E-state index is 4.82. The van der Waals surface area contributed by atoms with Gasteiger partial charge in [-0.3, -0.25) is 9.98 Å². The molecule has 0 radical (unpaired) electrons. The van der Waals surface area contributed by atoms with Crippen molar-refractivity contribution >= 4 is 11.9 Å². The Balaban J connectivity index is 1.37. The molecule has 4 saturated carbocycles. The highest BCUT2D eigenvalue weighted by Crippen LogP contribution is 2.92. The van der Waals surface area contributed by atoms with E-state index in [1.807, 2.05) is 30.6 Å². The lowest BCUT2D eigenvalue weighted by Crippen LogP contribution is -2.86. The fourth-order valence-corrected chi connectivity index (χ4v) is 7.02. The van der Waals surface area contributed by atoms with Gasteiger partial charge in [0.25, 0.3) is 0 Å². The van der Waals surface area contributed by atoms with Crippen LogP contribution in [0.2, 0.25) is 0 Å². The summed E-state index contributed by atoms with van der Waals surface area (Å²) in [6.07, 6.45) is 3.76. The molecule has 4 unspecified atom stereocenters. The van der Waals surface area contributed by atoms with Crippen molar-refractivity contribution in [3.05, 3.63) is 59.4 Å². The summed E-state index contributed by atoms with van der Waals surface area (Å²) in [7, 11) is 0. The van der Waals surface area contributed by atoms with E-state index in [-0.39, 0.29) is 0 Å². The summed E-state index contributed by atoms with van der Waals surface area (Å²) in [5.74, 6) is 8.03. The summed E-state index contributed by atoms with van der Waals surface area (Å²) in [4.78, 5) is 9.18. The van der Waals surface area contributed by atoms with Crippen LogP contribution in [0.4, 0.5) is 5.69 Å². The van der Waals surface area contributed by atoms with E-state index in [9.17, 15) is 0 Å². The number of rotatable bonds is 2. The van der Waals surface area contributed by atoms with Crippen molar-refractivity contribution in [1.29, 1.82) is 0 Å². The summed E-state index contributed by atoms with van der Waals surface area (Å²) in [6, 6.07) is 13.1. The van der Waals surface area contributed by atoms with Crippen molar-refractivity contribution in [3.8, 4) is 0 Å². The monoisotopic (exact) mass is 284 g/mol. The highest BCUT2D eigenvalue weighted by atomic mass is 14.9.